The summed E-state index contributed by atoms with van der Waals surface area (Å²) in [7, 11) is 0. The van der Waals surface area contributed by atoms with Gasteiger partial charge in [0.1, 0.15) is 0 Å². The highest BCUT2D eigenvalue weighted by Crippen LogP contribution is 2.09. The molecule has 16 heavy (non-hydrogen) atoms. The average molecular weight is 220 g/mol. The van der Waals surface area contributed by atoms with Crippen LogP contribution in [0.2, 0.25) is 0 Å². The normalized spacial score (nSPS) is 11.9. The van der Waals surface area contributed by atoms with Crippen molar-refractivity contribution in [1.82, 2.24) is 0 Å². The lowest BCUT2D eigenvalue weighted by Gasteiger charge is -2.18. The van der Waals surface area contributed by atoms with Crippen molar-refractivity contribution in [3.63, 3.8) is 0 Å². The van der Waals surface area contributed by atoms with Crippen LogP contribution < -0.4 is 0 Å². The Morgan fingerprint density at radius 3 is 2.56 bits per heavy atom. The van der Waals surface area contributed by atoms with Crippen LogP contribution in [0, 0.1) is 0 Å². The first-order valence-corrected chi connectivity index (χ1v) is 5.11. The van der Waals surface area contributed by atoms with Crippen LogP contribution in [0.5, 0.6) is 0 Å². The van der Waals surface area contributed by atoms with E-state index in [2.05, 4.69) is 0 Å². The molecule has 1 aromatic carbocycles. The van der Waals surface area contributed by atoms with Crippen LogP contribution in [0.3, 0.4) is 0 Å². The van der Waals surface area contributed by atoms with Crippen LogP contribution in [0.1, 0.15) is 19.4 Å². The van der Waals surface area contributed by atoms with E-state index in [-0.39, 0.29) is 6.61 Å². The van der Waals surface area contributed by atoms with Crippen molar-refractivity contribution in [3.8, 4) is 0 Å². The van der Waals surface area contributed by atoms with Crippen LogP contribution in [-0.2, 0) is 9.53 Å². The Hall–Kier alpha value is -1.61. The van der Waals surface area contributed by atoms with E-state index in [1.807, 2.05) is 36.4 Å². The second-order valence-corrected chi connectivity index (χ2v) is 3.94. The molecule has 0 aliphatic rings. The fourth-order valence-corrected chi connectivity index (χ4v) is 1.07. The largest absolute Gasteiger partial charge is 0.479 e. The van der Waals surface area contributed by atoms with Gasteiger partial charge in [0.2, 0.25) is 0 Å². The van der Waals surface area contributed by atoms with Crippen LogP contribution in [0.25, 0.3) is 6.08 Å². The van der Waals surface area contributed by atoms with Gasteiger partial charge in [0, 0.05) is 0 Å². The third kappa shape index (κ3) is 3.87. The molecule has 86 valence electrons. The molecule has 0 aromatic heterocycles. The van der Waals surface area contributed by atoms with Crippen LogP contribution >= 0.6 is 0 Å². The van der Waals surface area contributed by atoms with E-state index >= 15 is 0 Å². The SMILES string of the molecule is CC(C)(OC/C=C/c1ccccc1)C(=O)O. The Labute approximate surface area is 95.4 Å². The average Bonchev–Trinajstić information content (AvgIpc) is 2.26. The molecule has 0 atom stereocenters. The van der Waals surface area contributed by atoms with Gasteiger partial charge in [-0.05, 0) is 19.4 Å². The van der Waals surface area contributed by atoms with E-state index in [1.165, 1.54) is 13.8 Å². The van der Waals surface area contributed by atoms with E-state index in [0.29, 0.717) is 0 Å². The van der Waals surface area contributed by atoms with E-state index in [4.69, 9.17) is 9.84 Å². The summed E-state index contributed by atoms with van der Waals surface area (Å²) in [6.07, 6.45) is 3.71. The van der Waals surface area contributed by atoms with Crippen LogP contribution in [0.4, 0.5) is 0 Å². The first-order valence-electron chi connectivity index (χ1n) is 5.11. The number of carbonyl (C=O) groups is 1. The summed E-state index contributed by atoms with van der Waals surface area (Å²) in [5.74, 6) is -0.958. The molecule has 1 aromatic rings. The van der Waals surface area contributed by atoms with Crippen molar-refractivity contribution in [2.75, 3.05) is 6.61 Å². The Morgan fingerprint density at radius 1 is 1.38 bits per heavy atom. The van der Waals surface area contributed by atoms with Gasteiger partial charge in [0.25, 0.3) is 0 Å². The van der Waals surface area contributed by atoms with Crippen molar-refractivity contribution in [3.05, 3.63) is 42.0 Å². The van der Waals surface area contributed by atoms with Crippen molar-refractivity contribution in [1.29, 1.82) is 0 Å². The van der Waals surface area contributed by atoms with Gasteiger partial charge in [-0.1, -0.05) is 42.5 Å². The fraction of sp³-hybridized carbons (Fsp3) is 0.308. The third-order valence-corrected chi connectivity index (χ3v) is 2.17. The minimum Gasteiger partial charge on any atom is -0.479 e. The smallest absolute Gasteiger partial charge is 0.335 e. The lowest BCUT2D eigenvalue weighted by molar-refractivity contribution is -0.159. The molecular weight excluding hydrogens is 204 g/mol. The Kier molecular flexibility index (Phi) is 4.26. The third-order valence-electron chi connectivity index (χ3n) is 2.17. The maximum Gasteiger partial charge on any atom is 0.335 e. The highest BCUT2D eigenvalue weighted by Gasteiger charge is 2.26. The molecule has 0 bridgehead atoms. The first-order chi connectivity index (χ1) is 7.52. The zero-order chi connectivity index (χ0) is 12.0. The lowest BCUT2D eigenvalue weighted by Crippen LogP contribution is -2.34. The van der Waals surface area contributed by atoms with Crippen molar-refractivity contribution in [2.45, 2.75) is 19.4 Å². The zero-order valence-corrected chi connectivity index (χ0v) is 9.51. The van der Waals surface area contributed by atoms with Crippen molar-refractivity contribution >= 4 is 12.0 Å². The molecule has 1 N–H and O–H groups in total. The van der Waals surface area contributed by atoms with Crippen molar-refractivity contribution in [2.24, 2.45) is 0 Å². The molecule has 0 saturated carbocycles. The number of rotatable bonds is 5. The Bertz CT molecular complexity index is 366. The van der Waals surface area contributed by atoms with E-state index in [0.717, 1.165) is 5.56 Å². The molecule has 0 aliphatic carbocycles. The summed E-state index contributed by atoms with van der Waals surface area (Å²) >= 11 is 0. The van der Waals surface area contributed by atoms with Gasteiger partial charge < -0.3 is 9.84 Å². The maximum atomic E-state index is 10.7. The molecule has 3 nitrogen and oxygen atoms in total. The molecule has 0 radical (unpaired) electrons. The number of carboxylic acid groups (broad SMARTS) is 1. The standard InChI is InChI=1S/C13H16O3/c1-13(2,12(14)15)16-10-6-9-11-7-4-3-5-8-11/h3-9H,10H2,1-2H3,(H,14,15)/b9-6+. The highest BCUT2D eigenvalue weighted by molar-refractivity contribution is 5.76. The molecule has 0 spiro atoms. The number of carboxylic acids is 1. The molecule has 0 saturated heterocycles. The summed E-state index contributed by atoms with van der Waals surface area (Å²) in [6, 6.07) is 9.78. The van der Waals surface area contributed by atoms with Gasteiger partial charge in [-0.25, -0.2) is 4.79 Å². The molecule has 0 amide bonds. The van der Waals surface area contributed by atoms with E-state index < -0.39 is 11.6 Å². The summed E-state index contributed by atoms with van der Waals surface area (Å²) in [6.45, 7) is 3.35. The van der Waals surface area contributed by atoms with Crippen LogP contribution in [-0.4, -0.2) is 23.3 Å². The molecule has 0 fully saturated rings. The summed E-state index contributed by atoms with van der Waals surface area (Å²) in [4.78, 5) is 10.7. The Morgan fingerprint density at radius 2 is 2.00 bits per heavy atom. The van der Waals surface area contributed by atoms with E-state index in [1.54, 1.807) is 6.08 Å². The topological polar surface area (TPSA) is 46.5 Å². The highest BCUT2D eigenvalue weighted by atomic mass is 16.5. The quantitative estimate of drug-likeness (QED) is 0.829. The van der Waals surface area contributed by atoms with Crippen molar-refractivity contribution < 1.29 is 14.6 Å². The molecule has 3 heteroatoms. The molecule has 0 aliphatic heterocycles. The van der Waals surface area contributed by atoms with Crippen LogP contribution in [0.15, 0.2) is 36.4 Å². The predicted octanol–water partition coefficient (Wildman–Crippen LogP) is 2.58. The number of aliphatic carboxylic acids is 1. The minimum atomic E-state index is -1.14. The number of hydrogen-bond donors (Lipinski definition) is 1. The predicted molar refractivity (Wildman–Crippen MR) is 63.1 cm³/mol. The minimum absolute atomic E-state index is 0.286. The van der Waals surface area contributed by atoms with Gasteiger partial charge in [-0.15, -0.1) is 0 Å². The lowest BCUT2D eigenvalue weighted by atomic mass is 10.1. The molecule has 0 heterocycles. The van der Waals surface area contributed by atoms with E-state index in [9.17, 15) is 4.79 Å². The number of ether oxygens (including phenoxy) is 1. The summed E-state index contributed by atoms with van der Waals surface area (Å²) in [5, 5.41) is 8.81. The van der Waals surface area contributed by atoms with Gasteiger partial charge >= 0.3 is 5.97 Å². The fourth-order valence-electron chi connectivity index (χ4n) is 1.07. The zero-order valence-electron chi connectivity index (χ0n) is 9.51. The maximum absolute atomic E-state index is 10.7. The molecular formula is C13H16O3. The Balaban J connectivity index is 2.42. The van der Waals surface area contributed by atoms with Gasteiger partial charge in [-0.3, -0.25) is 0 Å². The van der Waals surface area contributed by atoms with Gasteiger partial charge in [0.15, 0.2) is 5.60 Å². The monoisotopic (exact) mass is 220 g/mol. The number of benzene rings is 1. The second-order valence-electron chi connectivity index (χ2n) is 3.94. The molecule has 1 rings (SSSR count). The second kappa shape index (κ2) is 5.47. The summed E-state index contributed by atoms with van der Waals surface area (Å²) in [5.41, 5.74) is -0.0691. The van der Waals surface area contributed by atoms with Gasteiger partial charge in [0.05, 0.1) is 6.61 Å². The first kappa shape index (κ1) is 12.5. The number of hydrogen-bond acceptors (Lipinski definition) is 2. The molecule has 0 unspecified atom stereocenters. The van der Waals surface area contributed by atoms with Gasteiger partial charge in [-0.2, -0.15) is 0 Å². The summed E-state index contributed by atoms with van der Waals surface area (Å²) < 4.78 is 5.23.